The molecule has 6 heteroatoms. The molecule has 0 amide bonds. The Morgan fingerprint density at radius 3 is 2.90 bits per heavy atom. The van der Waals surface area contributed by atoms with E-state index in [-0.39, 0.29) is 0 Å². The normalized spacial score (nSPS) is 10.8. The molecule has 0 saturated carbocycles. The predicted molar refractivity (Wildman–Crippen MR) is 81.2 cm³/mol. The van der Waals surface area contributed by atoms with E-state index in [1.165, 1.54) is 5.56 Å². The van der Waals surface area contributed by atoms with Crippen LogP contribution in [0, 0.1) is 13.8 Å². The van der Waals surface area contributed by atoms with E-state index in [0.717, 1.165) is 29.0 Å². The van der Waals surface area contributed by atoms with E-state index in [4.69, 9.17) is 10.5 Å². The first-order chi connectivity index (χ1) is 9.70. The van der Waals surface area contributed by atoms with Gasteiger partial charge in [0.1, 0.15) is 11.6 Å². The summed E-state index contributed by atoms with van der Waals surface area (Å²) in [6.07, 6.45) is 0. The van der Waals surface area contributed by atoms with Gasteiger partial charge in [0, 0.05) is 18.8 Å². The van der Waals surface area contributed by atoms with Crippen molar-refractivity contribution < 1.29 is 4.74 Å². The topological polar surface area (TPSA) is 66.0 Å². The number of rotatable bonds is 7. The molecule has 0 aliphatic carbocycles. The van der Waals surface area contributed by atoms with Crippen LogP contribution in [0.2, 0.25) is 0 Å². The molecule has 2 aromatic rings. The van der Waals surface area contributed by atoms with Crippen LogP contribution in [0.1, 0.15) is 11.4 Å². The van der Waals surface area contributed by atoms with Crippen LogP contribution in [0.15, 0.2) is 29.4 Å². The fraction of sp³-hybridized carbons (Fsp3) is 0.429. The average Bonchev–Trinajstić information content (AvgIpc) is 2.77. The molecule has 0 unspecified atom stereocenters. The molecular weight excluding hydrogens is 272 g/mol. The molecule has 5 nitrogen and oxygen atoms in total. The van der Waals surface area contributed by atoms with E-state index in [1.54, 1.807) is 11.8 Å². The van der Waals surface area contributed by atoms with Crippen molar-refractivity contribution in [3.63, 3.8) is 0 Å². The van der Waals surface area contributed by atoms with Gasteiger partial charge in [-0.3, -0.25) is 0 Å². The molecule has 0 aliphatic rings. The molecular formula is C14H20N4OS. The van der Waals surface area contributed by atoms with Crippen LogP contribution in [-0.2, 0) is 6.54 Å². The van der Waals surface area contributed by atoms with Crippen LogP contribution < -0.4 is 10.5 Å². The van der Waals surface area contributed by atoms with Crippen LogP contribution >= 0.6 is 11.8 Å². The summed E-state index contributed by atoms with van der Waals surface area (Å²) in [7, 11) is 0. The van der Waals surface area contributed by atoms with Crippen molar-refractivity contribution in [1.29, 1.82) is 0 Å². The number of hydrogen-bond donors (Lipinski definition) is 1. The van der Waals surface area contributed by atoms with Gasteiger partial charge in [-0.05, 0) is 31.5 Å². The number of nitrogens with two attached hydrogens (primary N) is 1. The van der Waals surface area contributed by atoms with E-state index >= 15 is 0 Å². The highest BCUT2D eigenvalue weighted by Crippen LogP contribution is 2.17. The summed E-state index contributed by atoms with van der Waals surface area (Å²) in [6.45, 7) is 5.98. The van der Waals surface area contributed by atoms with Crippen LogP contribution in [0.25, 0.3) is 0 Å². The van der Waals surface area contributed by atoms with Gasteiger partial charge >= 0.3 is 0 Å². The Balaban J connectivity index is 1.81. The lowest BCUT2D eigenvalue weighted by molar-refractivity contribution is 0.343. The van der Waals surface area contributed by atoms with Gasteiger partial charge in [0.05, 0.1) is 6.61 Å². The minimum atomic E-state index is 0.590. The summed E-state index contributed by atoms with van der Waals surface area (Å²) in [4.78, 5) is 0. The summed E-state index contributed by atoms with van der Waals surface area (Å²) >= 11 is 1.64. The second-order valence-electron chi connectivity index (χ2n) is 4.48. The molecule has 0 aliphatic heterocycles. The zero-order valence-electron chi connectivity index (χ0n) is 11.9. The molecule has 2 N–H and O–H groups in total. The average molecular weight is 292 g/mol. The third-order valence-electron chi connectivity index (χ3n) is 2.83. The molecule has 108 valence electrons. The summed E-state index contributed by atoms with van der Waals surface area (Å²) in [6, 6.07) is 8.06. The molecule has 0 saturated heterocycles. The van der Waals surface area contributed by atoms with Crippen molar-refractivity contribution in [3.8, 4) is 5.75 Å². The maximum atomic E-state index is 5.71. The van der Waals surface area contributed by atoms with E-state index in [1.807, 2.05) is 29.7 Å². The monoisotopic (exact) mass is 292 g/mol. The minimum Gasteiger partial charge on any atom is -0.493 e. The Kier molecular flexibility index (Phi) is 5.43. The van der Waals surface area contributed by atoms with Crippen molar-refractivity contribution in [1.82, 2.24) is 14.8 Å². The van der Waals surface area contributed by atoms with Crippen LogP contribution in [0.4, 0.5) is 0 Å². The highest BCUT2D eigenvalue weighted by Gasteiger charge is 2.08. The van der Waals surface area contributed by atoms with E-state index < -0.39 is 0 Å². The molecule has 0 atom stereocenters. The van der Waals surface area contributed by atoms with Crippen molar-refractivity contribution in [3.05, 3.63) is 35.7 Å². The Morgan fingerprint density at radius 1 is 1.30 bits per heavy atom. The van der Waals surface area contributed by atoms with Gasteiger partial charge in [0.2, 0.25) is 0 Å². The van der Waals surface area contributed by atoms with Gasteiger partial charge in [-0.1, -0.05) is 23.9 Å². The zero-order chi connectivity index (χ0) is 14.4. The molecule has 0 bridgehead atoms. The molecule has 1 aromatic heterocycles. The molecule has 0 spiro atoms. The quantitative estimate of drug-likeness (QED) is 0.625. The van der Waals surface area contributed by atoms with E-state index in [9.17, 15) is 0 Å². The molecule has 1 aromatic carbocycles. The van der Waals surface area contributed by atoms with Crippen molar-refractivity contribution in [2.75, 3.05) is 18.9 Å². The maximum Gasteiger partial charge on any atom is 0.191 e. The summed E-state index contributed by atoms with van der Waals surface area (Å²) in [5, 5.41) is 9.14. The van der Waals surface area contributed by atoms with Gasteiger partial charge in [-0.25, -0.2) is 0 Å². The van der Waals surface area contributed by atoms with Gasteiger partial charge in [-0.15, -0.1) is 10.2 Å². The second-order valence-corrected chi connectivity index (χ2v) is 5.55. The first-order valence-electron chi connectivity index (χ1n) is 6.63. The number of nitrogens with zero attached hydrogens (tertiary/aromatic N) is 3. The van der Waals surface area contributed by atoms with Crippen LogP contribution in [-0.4, -0.2) is 33.7 Å². The number of hydrogen-bond acceptors (Lipinski definition) is 5. The lowest BCUT2D eigenvalue weighted by Gasteiger charge is -2.08. The Bertz CT molecular complexity index is 556. The number of benzene rings is 1. The number of ether oxygens (including phenoxy) is 1. The van der Waals surface area contributed by atoms with Gasteiger partial charge < -0.3 is 15.0 Å². The molecule has 2 rings (SSSR count). The van der Waals surface area contributed by atoms with Gasteiger partial charge in [-0.2, -0.15) is 0 Å². The zero-order valence-corrected chi connectivity index (χ0v) is 12.7. The largest absolute Gasteiger partial charge is 0.493 e. The fourth-order valence-electron chi connectivity index (χ4n) is 1.85. The highest BCUT2D eigenvalue weighted by atomic mass is 32.2. The SMILES string of the molecule is Cc1cccc(OCCSc2nnc(C)n2CCN)c1. The van der Waals surface area contributed by atoms with E-state index in [0.29, 0.717) is 13.2 Å². The first kappa shape index (κ1) is 14.9. The number of thioether (sulfide) groups is 1. The fourth-order valence-corrected chi connectivity index (χ4v) is 2.68. The smallest absolute Gasteiger partial charge is 0.191 e. The summed E-state index contributed by atoms with van der Waals surface area (Å²) < 4.78 is 7.75. The first-order valence-corrected chi connectivity index (χ1v) is 7.61. The van der Waals surface area contributed by atoms with Gasteiger partial charge in [0.15, 0.2) is 5.16 Å². The molecule has 20 heavy (non-hydrogen) atoms. The standard InChI is InChI=1S/C14H20N4OS/c1-11-4-3-5-13(10-11)19-8-9-20-14-17-16-12(2)18(14)7-6-15/h3-5,10H,6-9,15H2,1-2H3. The summed E-state index contributed by atoms with van der Waals surface area (Å²) in [5.74, 6) is 2.64. The number of aryl methyl sites for hydroxylation is 2. The molecule has 0 fully saturated rings. The lowest BCUT2D eigenvalue weighted by atomic mass is 10.2. The Morgan fingerprint density at radius 2 is 2.15 bits per heavy atom. The molecule has 1 heterocycles. The summed E-state index contributed by atoms with van der Waals surface area (Å²) in [5.41, 5.74) is 6.79. The van der Waals surface area contributed by atoms with Crippen LogP contribution in [0.5, 0.6) is 5.75 Å². The van der Waals surface area contributed by atoms with Crippen molar-refractivity contribution in [2.45, 2.75) is 25.5 Å². The minimum absolute atomic E-state index is 0.590. The predicted octanol–water partition coefficient (Wildman–Crippen LogP) is 2.02. The lowest BCUT2D eigenvalue weighted by Crippen LogP contribution is -2.12. The maximum absolute atomic E-state index is 5.71. The van der Waals surface area contributed by atoms with Crippen LogP contribution in [0.3, 0.4) is 0 Å². The van der Waals surface area contributed by atoms with Crippen molar-refractivity contribution >= 4 is 11.8 Å². The number of aromatic nitrogens is 3. The third kappa shape index (κ3) is 3.98. The molecule has 0 radical (unpaired) electrons. The second kappa shape index (κ2) is 7.31. The Labute approximate surface area is 123 Å². The van der Waals surface area contributed by atoms with Gasteiger partial charge in [0.25, 0.3) is 0 Å². The van der Waals surface area contributed by atoms with Crippen molar-refractivity contribution in [2.24, 2.45) is 5.73 Å². The third-order valence-corrected chi connectivity index (χ3v) is 3.76. The highest BCUT2D eigenvalue weighted by molar-refractivity contribution is 7.99. The van der Waals surface area contributed by atoms with E-state index in [2.05, 4.69) is 23.2 Å². The Hall–Kier alpha value is -1.53.